The van der Waals surface area contributed by atoms with E-state index < -0.39 is 0 Å². The van der Waals surface area contributed by atoms with Gasteiger partial charge in [-0.15, -0.1) is 0 Å². The second-order valence-corrected chi connectivity index (χ2v) is 6.81. The Morgan fingerprint density at radius 2 is 1.88 bits per heavy atom. The van der Waals surface area contributed by atoms with Crippen LogP contribution in [0.2, 0.25) is 0 Å². The van der Waals surface area contributed by atoms with Crippen molar-refractivity contribution in [3.05, 3.63) is 41.5 Å². The molecule has 1 aliphatic heterocycles. The summed E-state index contributed by atoms with van der Waals surface area (Å²) in [6.07, 6.45) is 8.81. The lowest BCUT2D eigenvalue weighted by Crippen LogP contribution is -2.50. The van der Waals surface area contributed by atoms with Crippen molar-refractivity contribution in [2.45, 2.75) is 32.1 Å². The quantitative estimate of drug-likeness (QED) is 0.853. The van der Waals surface area contributed by atoms with Gasteiger partial charge in [-0.25, -0.2) is 4.79 Å². The highest BCUT2D eigenvalue weighted by atomic mass is 16.2. The summed E-state index contributed by atoms with van der Waals surface area (Å²) < 4.78 is 0. The number of hydrogen-bond donors (Lipinski definition) is 1. The van der Waals surface area contributed by atoms with Crippen molar-refractivity contribution in [3.63, 3.8) is 0 Å². The number of carbonyl (C=O) groups is 1. The fourth-order valence-corrected chi connectivity index (χ4v) is 3.44. The number of benzene rings is 1. The third kappa shape index (κ3) is 5.07. The average molecular weight is 338 g/mol. The number of rotatable bonds is 4. The molecule has 1 aliphatic carbocycles. The maximum Gasteiger partial charge on any atom is 0.321 e. The molecule has 3 rings (SSSR count). The fourth-order valence-electron chi connectivity index (χ4n) is 3.44. The third-order valence-electron chi connectivity index (χ3n) is 5.06. The second-order valence-electron chi connectivity index (χ2n) is 6.81. The van der Waals surface area contributed by atoms with Crippen molar-refractivity contribution in [2.24, 2.45) is 0 Å². The lowest BCUT2D eigenvalue weighted by Gasteiger charge is -2.35. The normalized spacial score (nSPS) is 18.4. The van der Waals surface area contributed by atoms with Crippen LogP contribution < -0.4 is 5.32 Å². The Morgan fingerprint density at radius 1 is 1.12 bits per heavy atom. The Hall–Kier alpha value is -2.32. The molecule has 1 aromatic carbocycles. The van der Waals surface area contributed by atoms with Crippen LogP contribution in [0.25, 0.3) is 0 Å². The van der Waals surface area contributed by atoms with Gasteiger partial charge in [0.15, 0.2) is 0 Å². The van der Waals surface area contributed by atoms with Gasteiger partial charge in [0.25, 0.3) is 0 Å². The Balaban J connectivity index is 1.41. The smallest absolute Gasteiger partial charge is 0.321 e. The van der Waals surface area contributed by atoms with Crippen LogP contribution in [0.5, 0.6) is 0 Å². The van der Waals surface area contributed by atoms with E-state index >= 15 is 0 Å². The number of amides is 2. The van der Waals surface area contributed by atoms with Crippen LogP contribution in [-0.2, 0) is 0 Å². The minimum atomic E-state index is -0.0562. The number of allylic oxidation sites excluding steroid dienone is 1. The number of anilines is 1. The van der Waals surface area contributed by atoms with E-state index in [0.717, 1.165) is 38.4 Å². The van der Waals surface area contributed by atoms with E-state index in [4.69, 9.17) is 5.26 Å². The molecule has 1 fully saturated rings. The van der Waals surface area contributed by atoms with Crippen molar-refractivity contribution in [1.29, 1.82) is 5.26 Å². The molecule has 2 amide bonds. The molecule has 0 radical (unpaired) electrons. The largest absolute Gasteiger partial charge is 0.322 e. The molecule has 1 saturated heterocycles. The molecule has 2 aliphatic rings. The number of nitrogens with one attached hydrogen (secondary N) is 1. The number of urea groups is 1. The molecule has 5 nitrogen and oxygen atoms in total. The first-order valence-corrected chi connectivity index (χ1v) is 9.21. The predicted molar refractivity (Wildman–Crippen MR) is 99.4 cm³/mol. The van der Waals surface area contributed by atoms with Crippen LogP contribution in [0.1, 0.15) is 37.7 Å². The lowest BCUT2D eigenvalue weighted by molar-refractivity contribution is 0.148. The van der Waals surface area contributed by atoms with Gasteiger partial charge in [-0.05, 0) is 56.4 Å². The first-order valence-electron chi connectivity index (χ1n) is 9.21. The summed E-state index contributed by atoms with van der Waals surface area (Å²) >= 11 is 0. The summed E-state index contributed by atoms with van der Waals surface area (Å²) in [4.78, 5) is 16.7. The highest BCUT2D eigenvalue weighted by Crippen LogP contribution is 2.20. The van der Waals surface area contributed by atoms with Gasteiger partial charge in [0, 0.05) is 38.4 Å². The number of hydrogen-bond acceptors (Lipinski definition) is 3. The molecule has 0 unspecified atom stereocenters. The standard InChI is InChI=1S/C20H26N4O/c21-16-18-6-8-19(9-7-18)22-20(25)24-14-12-23(13-15-24)11-10-17-4-2-1-3-5-17/h4,6-9H,1-3,5,10-15H2,(H,22,25). The van der Waals surface area contributed by atoms with Gasteiger partial charge in [0.05, 0.1) is 11.6 Å². The van der Waals surface area contributed by atoms with Gasteiger partial charge in [-0.2, -0.15) is 5.26 Å². The van der Waals surface area contributed by atoms with Gasteiger partial charge in [-0.1, -0.05) is 11.6 Å². The topological polar surface area (TPSA) is 59.4 Å². The highest BCUT2D eigenvalue weighted by Gasteiger charge is 2.21. The zero-order chi connectivity index (χ0) is 17.5. The lowest BCUT2D eigenvalue weighted by atomic mass is 9.97. The molecule has 0 saturated carbocycles. The zero-order valence-electron chi connectivity index (χ0n) is 14.7. The van der Waals surface area contributed by atoms with Crippen molar-refractivity contribution >= 4 is 11.7 Å². The summed E-state index contributed by atoms with van der Waals surface area (Å²) in [6, 6.07) is 8.99. The summed E-state index contributed by atoms with van der Waals surface area (Å²) in [5.74, 6) is 0. The highest BCUT2D eigenvalue weighted by molar-refractivity contribution is 5.89. The van der Waals surface area contributed by atoms with Crippen LogP contribution in [0.15, 0.2) is 35.9 Å². The van der Waals surface area contributed by atoms with Gasteiger partial charge in [0.2, 0.25) is 0 Å². The minimum absolute atomic E-state index is 0.0562. The van der Waals surface area contributed by atoms with Gasteiger partial charge < -0.3 is 10.2 Å². The second kappa shape index (κ2) is 8.68. The van der Waals surface area contributed by atoms with E-state index in [2.05, 4.69) is 22.4 Å². The minimum Gasteiger partial charge on any atom is -0.322 e. The Morgan fingerprint density at radius 3 is 2.52 bits per heavy atom. The van der Waals surface area contributed by atoms with Crippen LogP contribution in [0, 0.1) is 11.3 Å². The van der Waals surface area contributed by atoms with Crippen molar-refractivity contribution in [1.82, 2.24) is 9.80 Å². The van der Waals surface area contributed by atoms with E-state index in [9.17, 15) is 4.79 Å². The molecular weight excluding hydrogens is 312 g/mol. The van der Waals surface area contributed by atoms with Crippen LogP contribution in [-0.4, -0.2) is 48.6 Å². The number of nitrogens with zero attached hydrogens (tertiary/aromatic N) is 3. The fraction of sp³-hybridized carbons (Fsp3) is 0.500. The molecule has 0 aromatic heterocycles. The summed E-state index contributed by atoms with van der Waals surface area (Å²) in [6.45, 7) is 4.52. The third-order valence-corrected chi connectivity index (χ3v) is 5.06. The molecule has 1 heterocycles. The maximum absolute atomic E-state index is 12.4. The van der Waals surface area contributed by atoms with Crippen LogP contribution in [0.3, 0.4) is 0 Å². The van der Waals surface area contributed by atoms with Gasteiger partial charge in [0.1, 0.15) is 0 Å². The molecule has 1 N–H and O–H groups in total. The maximum atomic E-state index is 12.4. The van der Waals surface area contributed by atoms with E-state index in [1.165, 1.54) is 32.1 Å². The van der Waals surface area contributed by atoms with Gasteiger partial charge >= 0.3 is 6.03 Å². The predicted octanol–water partition coefficient (Wildman–Crippen LogP) is 3.60. The molecule has 132 valence electrons. The van der Waals surface area contributed by atoms with Crippen molar-refractivity contribution < 1.29 is 4.79 Å². The SMILES string of the molecule is N#Cc1ccc(NC(=O)N2CCN(CCC3=CCCCC3)CC2)cc1. The van der Waals surface area contributed by atoms with E-state index in [-0.39, 0.29) is 6.03 Å². The monoisotopic (exact) mass is 338 g/mol. The molecule has 0 bridgehead atoms. The summed E-state index contributed by atoms with van der Waals surface area (Å²) in [7, 11) is 0. The Labute approximate surface area is 149 Å². The summed E-state index contributed by atoms with van der Waals surface area (Å²) in [5.41, 5.74) is 2.95. The van der Waals surface area contributed by atoms with Crippen molar-refractivity contribution in [2.75, 3.05) is 38.0 Å². The molecule has 25 heavy (non-hydrogen) atoms. The van der Waals surface area contributed by atoms with Crippen molar-refractivity contribution in [3.8, 4) is 6.07 Å². The molecule has 1 aromatic rings. The molecule has 5 heteroatoms. The zero-order valence-corrected chi connectivity index (χ0v) is 14.7. The Bertz CT molecular complexity index is 651. The van der Waals surface area contributed by atoms with Gasteiger partial charge in [-0.3, -0.25) is 4.90 Å². The molecule has 0 spiro atoms. The van der Waals surface area contributed by atoms with E-state index in [0.29, 0.717) is 5.56 Å². The first kappa shape index (κ1) is 17.5. The number of carbonyl (C=O) groups excluding carboxylic acids is 1. The Kier molecular flexibility index (Phi) is 6.08. The number of piperazine rings is 1. The number of nitriles is 1. The molecular formula is C20H26N4O. The summed E-state index contributed by atoms with van der Waals surface area (Å²) in [5, 5.41) is 11.7. The van der Waals surface area contributed by atoms with Crippen LogP contribution >= 0.6 is 0 Å². The molecule has 0 atom stereocenters. The van der Waals surface area contributed by atoms with Crippen LogP contribution in [0.4, 0.5) is 10.5 Å². The van der Waals surface area contributed by atoms with E-state index in [1.807, 2.05) is 4.90 Å². The first-order chi connectivity index (χ1) is 12.2. The van der Waals surface area contributed by atoms with E-state index in [1.54, 1.807) is 29.8 Å². The average Bonchev–Trinajstić information content (AvgIpc) is 2.68.